The third-order valence-corrected chi connectivity index (χ3v) is 6.48. The third kappa shape index (κ3) is 4.03. The van der Waals surface area contributed by atoms with Gasteiger partial charge in [0.1, 0.15) is 0 Å². The highest BCUT2D eigenvalue weighted by Gasteiger charge is 2.31. The second-order valence-corrected chi connectivity index (χ2v) is 8.76. The van der Waals surface area contributed by atoms with Gasteiger partial charge in [-0.25, -0.2) is 4.98 Å². The van der Waals surface area contributed by atoms with Gasteiger partial charge in [0.15, 0.2) is 5.13 Å². The molecule has 0 unspecified atom stereocenters. The maximum Gasteiger partial charge on any atom is 0.236 e. The lowest BCUT2D eigenvalue weighted by molar-refractivity contribution is -0.134. The van der Waals surface area contributed by atoms with Crippen LogP contribution < -0.4 is 5.32 Å². The van der Waals surface area contributed by atoms with Gasteiger partial charge in [-0.05, 0) is 31.6 Å². The molecular formula is C18H26N4O2S. The number of rotatable bonds is 4. The summed E-state index contributed by atoms with van der Waals surface area (Å²) < 4.78 is 0. The Morgan fingerprint density at radius 3 is 2.68 bits per heavy atom. The average molecular weight is 362 g/mol. The summed E-state index contributed by atoms with van der Waals surface area (Å²) in [7, 11) is 0. The molecule has 3 aliphatic rings. The lowest BCUT2D eigenvalue weighted by Gasteiger charge is -2.33. The number of fused-ring (bicyclic) bond motifs is 1. The molecule has 0 bridgehead atoms. The first-order valence-electron chi connectivity index (χ1n) is 9.38. The van der Waals surface area contributed by atoms with Crippen molar-refractivity contribution in [1.29, 1.82) is 0 Å². The molecule has 25 heavy (non-hydrogen) atoms. The van der Waals surface area contributed by atoms with E-state index >= 15 is 0 Å². The summed E-state index contributed by atoms with van der Waals surface area (Å²) in [5.41, 5.74) is 1.09. The molecule has 0 aromatic carbocycles. The summed E-state index contributed by atoms with van der Waals surface area (Å²) in [4.78, 5) is 34.4. The molecule has 1 N–H and O–H groups in total. The second kappa shape index (κ2) is 7.03. The standard InChI is InChI=1S/C18H26N4O2S/c1-12-4-8-22(9-5-12)16(23)11-21-7-6-14-15(10-21)25-18(19-14)20-17(24)13-2-3-13/h12-13H,2-11H2,1H3,(H,19,20,24). The molecule has 1 aromatic heterocycles. The molecule has 4 rings (SSSR count). The van der Waals surface area contributed by atoms with Gasteiger partial charge in [0.2, 0.25) is 11.8 Å². The fraction of sp³-hybridized carbons (Fsp3) is 0.722. The van der Waals surface area contributed by atoms with Crippen molar-refractivity contribution in [1.82, 2.24) is 14.8 Å². The molecule has 0 spiro atoms. The first-order valence-corrected chi connectivity index (χ1v) is 10.2. The number of carbonyl (C=O) groups is 2. The Balaban J connectivity index is 1.32. The molecule has 1 aliphatic carbocycles. The minimum atomic E-state index is 0.109. The van der Waals surface area contributed by atoms with E-state index < -0.39 is 0 Å². The smallest absolute Gasteiger partial charge is 0.236 e. The Morgan fingerprint density at radius 1 is 1.20 bits per heavy atom. The summed E-state index contributed by atoms with van der Waals surface area (Å²) in [6.07, 6.45) is 5.10. The SMILES string of the molecule is CC1CCN(C(=O)CN2CCc3nc(NC(=O)C4CC4)sc3C2)CC1. The highest BCUT2D eigenvalue weighted by molar-refractivity contribution is 7.15. The fourth-order valence-corrected chi connectivity index (χ4v) is 4.59. The van der Waals surface area contributed by atoms with Crippen molar-refractivity contribution in [3.05, 3.63) is 10.6 Å². The number of carbonyl (C=O) groups excluding carboxylic acids is 2. The number of piperidine rings is 1. The number of amides is 2. The number of likely N-dealkylation sites (tertiary alicyclic amines) is 1. The van der Waals surface area contributed by atoms with Crippen LogP contribution in [0.3, 0.4) is 0 Å². The van der Waals surface area contributed by atoms with E-state index in [0.717, 1.165) is 75.0 Å². The highest BCUT2D eigenvalue weighted by Crippen LogP contribution is 2.33. The number of hydrogen-bond acceptors (Lipinski definition) is 5. The van der Waals surface area contributed by atoms with E-state index in [-0.39, 0.29) is 17.7 Å². The number of anilines is 1. The van der Waals surface area contributed by atoms with Crippen LogP contribution in [0.1, 0.15) is 43.2 Å². The number of nitrogens with zero attached hydrogens (tertiary/aromatic N) is 3. The topological polar surface area (TPSA) is 65.5 Å². The van der Waals surface area contributed by atoms with Crippen LogP contribution in [-0.2, 0) is 22.6 Å². The van der Waals surface area contributed by atoms with E-state index in [9.17, 15) is 9.59 Å². The lowest BCUT2D eigenvalue weighted by atomic mass is 9.99. The molecule has 2 amide bonds. The normalized spacial score (nSPS) is 21.9. The van der Waals surface area contributed by atoms with Gasteiger partial charge in [0.05, 0.1) is 12.2 Å². The zero-order chi connectivity index (χ0) is 17.4. The molecule has 1 aromatic rings. The molecule has 1 saturated carbocycles. The maximum absolute atomic E-state index is 12.5. The monoisotopic (exact) mass is 362 g/mol. The average Bonchev–Trinajstić information content (AvgIpc) is 3.36. The molecule has 1 saturated heterocycles. The van der Waals surface area contributed by atoms with Gasteiger partial charge in [0.25, 0.3) is 0 Å². The largest absolute Gasteiger partial charge is 0.342 e. The predicted molar refractivity (Wildman–Crippen MR) is 97.4 cm³/mol. The number of aromatic nitrogens is 1. The Bertz CT molecular complexity index is 662. The van der Waals surface area contributed by atoms with Crippen molar-refractivity contribution in [3.8, 4) is 0 Å². The van der Waals surface area contributed by atoms with Crippen LogP contribution >= 0.6 is 11.3 Å². The van der Waals surface area contributed by atoms with Crippen LogP contribution in [0.25, 0.3) is 0 Å². The van der Waals surface area contributed by atoms with Gasteiger partial charge in [-0.15, -0.1) is 11.3 Å². The van der Waals surface area contributed by atoms with E-state index in [4.69, 9.17) is 0 Å². The first kappa shape index (κ1) is 17.0. The van der Waals surface area contributed by atoms with E-state index in [1.807, 2.05) is 4.90 Å². The summed E-state index contributed by atoms with van der Waals surface area (Å²) in [5, 5.41) is 3.67. The van der Waals surface area contributed by atoms with Gasteiger partial charge in [0, 0.05) is 43.4 Å². The molecule has 7 heteroatoms. The van der Waals surface area contributed by atoms with E-state index in [1.54, 1.807) is 11.3 Å². The van der Waals surface area contributed by atoms with Crippen LogP contribution in [0, 0.1) is 11.8 Å². The van der Waals surface area contributed by atoms with Crippen molar-refractivity contribution in [2.24, 2.45) is 11.8 Å². The minimum Gasteiger partial charge on any atom is -0.342 e. The van der Waals surface area contributed by atoms with E-state index in [2.05, 4.69) is 22.1 Å². The molecule has 136 valence electrons. The summed E-state index contributed by atoms with van der Waals surface area (Å²) in [6.45, 7) is 6.19. The van der Waals surface area contributed by atoms with Gasteiger partial charge in [-0.3, -0.25) is 14.5 Å². The molecule has 2 aliphatic heterocycles. The van der Waals surface area contributed by atoms with Crippen molar-refractivity contribution in [2.45, 2.75) is 45.6 Å². The van der Waals surface area contributed by atoms with Gasteiger partial charge < -0.3 is 10.2 Å². The summed E-state index contributed by atoms with van der Waals surface area (Å²) in [5.74, 6) is 1.30. The van der Waals surface area contributed by atoms with Crippen molar-refractivity contribution >= 4 is 28.3 Å². The zero-order valence-corrected chi connectivity index (χ0v) is 15.6. The van der Waals surface area contributed by atoms with Crippen LogP contribution in [-0.4, -0.2) is 52.8 Å². The second-order valence-electron chi connectivity index (χ2n) is 7.68. The number of thiazole rings is 1. The van der Waals surface area contributed by atoms with Crippen molar-refractivity contribution in [2.75, 3.05) is 31.5 Å². The first-order chi connectivity index (χ1) is 12.1. The van der Waals surface area contributed by atoms with Crippen LogP contribution in [0.5, 0.6) is 0 Å². The van der Waals surface area contributed by atoms with Gasteiger partial charge in [-0.1, -0.05) is 6.92 Å². The molecule has 0 radical (unpaired) electrons. The highest BCUT2D eigenvalue weighted by atomic mass is 32.1. The molecular weight excluding hydrogens is 336 g/mol. The van der Waals surface area contributed by atoms with Crippen molar-refractivity contribution in [3.63, 3.8) is 0 Å². The summed E-state index contributed by atoms with van der Waals surface area (Å²) in [6, 6.07) is 0. The zero-order valence-electron chi connectivity index (χ0n) is 14.8. The summed E-state index contributed by atoms with van der Waals surface area (Å²) >= 11 is 1.57. The Morgan fingerprint density at radius 2 is 1.96 bits per heavy atom. The van der Waals surface area contributed by atoms with E-state index in [0.29, 0.717) is 6.54 Å². The maximum atomic E-state index is 12.5. The molecule has 0 atom stereocenters. The number of nitrogens with one attached hydrogen (secondary N) is 1. The quantitative estimate of drug-likeness (QED) is 0.891. The van der Waals surface area contributed by atoms with Gasteiger partial charge >= 0.3 is 0 Å². The Kier molecular flexibility index (Phi) is 4.78. The van der Waals surface area contributed by atoms with Crippen LogP contribution in [0.2, 0.25) is 0 Å². The van der Waals surface area contributed by atoms with Gasteiger partial charge in [-0.2, -0.15) is 0 Å². The molecule has 2 fully saturated rings. The Labute approximate surface area is 152 Å². The molecule has 6 nitrogen and oxygen atoms in total. The Hall–Kier alpha value is -1.47. The third-order valence-electron chi connectivity index (χ3n) is 5.48. The van der Waals surface area contributed by atoms with E-state index in [1.165, 1.54) is 4.88 Å². The van der Waals surface area contributed by atoms with Crippen molar-refractivity contribution < 1.29 is 9.59 Å². The number of hydrogen-bond donors (Lipinski definition) is 1. The fourth-order valence-electron chi connectivity index (χ4n) is 3.54. The van der Waals surface area contributed by atoms with Crippen LogP contribution in [0.4, 0.5) is 5.13 Å². The lowest BCUT2D eigenvalue weighted by Crippen LogP contribution is -2.44. The minimum absolute atomic E-state index is 0.109. The predicted octanol–water partition coefficient (Wildman–Crippen LogP) is 2.11. The van der Waals surface area contributed by atoms with Crippen LogP contribution in [0.15, 0.2) is 0 Å². The molecule has 3 heterocycles.